The molecule has 0 unspecified atom stereocenters. The van der Waals surface area contributed by atoms with Crippen LogP contribution in [0.25, 0.3) is 0 Å². The summed E-state index contributed by atoms with van der Waals surface area (Å²) in [5.74, 6) is 0.508. The molecular formula is C9H15N3O. The molecule has 4 heteroatoms. The van der Waals surface area contributed by atoms with Gasteiger partial charge in [0, 0.05) is 6.42 Å². The molecule has 0 atom stereocenters. The lowest BCUT2D eigenvalue weighted by Gasteiger charge is -2.21. The molecule has 0 saturated carbocycles. The molecule has 0 radical (unpaired) electrons. The Hall–Kier alpha value is -1.08. The van der Waals surface area contributed by atoms with Crippen molar-refractivity contribution in [3.05, 3.63) is 0 Å². The van der Waals surface area contributed by atoms with Crippen LogP contribution in [0.1, 0.15) is 19.3 Å². The lowest BCUT2D eigenvalue weighted by atomic mass is 9.94. The summed E-state index contributed by atoms with van der Waals surface area (Å²) in [5, 5.41) is 14.1. The first-order chi connectivity index (χ1) is 6.33. The molecule has 1 aliphatic heterocycles. The largest absolute Gasteiger partial charge is 0.343 e. The van der Waals surface area contributed by atoms with Gasteiger partial charge in [-0.25, -0.2) is 0 Å². The maximum atomic E-state index is 11.2. The fraction of sp³-hybridized carbons (Fsp3) is 0.778. The first kappa shape index (κ1) is 10.0. The molecule has 1 fully saturated rings. The van der Waals surface area contributed by atoms with E-state index in [1.165, 1.54) is 0 Å². The van der Waals surface area contributed by atoms with Crippen molar-refractivity contribution in [3.63, 3.8) is 0 Å². The van der Waals surface area contributed by atoms with Gasteiger partial charge in [-0.05, 0) is 31.8 Å². The minimum absolute atomic E-state index is 0.00782. The molecule has 1 heterocycles. The lowest BCUT2D eigenvalue weighted by molar-refractivity contribution is -0.121. The molecule has 1 saturated heterocycles. The van der Waals surface area contributed by atoms with Crippen molar-refractivity contribution in [2.24, 2.45) is 5.92 Å². The van der Waals surface area contributed by atoms with Gasteiger partial charge < -0.3 is 10.6 Å². The Morgan fingerprint density at radius 2 is 2.23 bits per heavy atom. The summed E-state index contributed by atoms with van der Waals surface area (Å²) in [6.45, 7) is 2.15. The van der Waals surface area contributed by atoms with Gasteiger partial charge in [-0.1, -0.05) is 0 Å². The van der Waals surface area contributed by atoms with Crippen LogP contribution in [-0.2, 0) is 4.79 Å². The first-order valence-corrected chi connectivity index (χ1v) is 4.67. The van der Waals surface area contributed by atoms with Gasteiger partial charge in [0.15, 0.2) is 0 Å². The van der Waals surface area contributed by atoms with Crippen LogP contribution in [0.4, 0.5) is 0 Å². The summed E-state index contributed by atoms with van der Waals surface area (Å²) in [7, 11) is 0. The van der Waals surface area contributed by atoms with Crippen LogP contribution in [0.2, 0.25) is 0 Å². The van der Waals surface area contributed by atoms with E-state index >= 15 is 0 Å². The van der Waals surface area contributed by atoms with Crippen LogP contribution in [0.15, 0.2) is 0 Å². The maximum Gasteiger partial charge on any atom is 0.221 e. The summed E-state index contributed by atoms with van der Waals surface area (Å²) in [6.07, 6.45) is 2.71. The van der Waals surface area contributed by atoms with Crippen molar-refractivity contribution in [2.45, 2.75) is 19.3 Å². The normalized spacial score (nSPS) is 17.8. The Morgan fingerprint density at radius 1 is 1.54 bits per heavy atom. The van der Waals surface area contributed by atoms with Crippen molar-refractivity contribution in [1.82, 2.24) is 10.6 Å². The Kier molecular flexibility index (Phi) is 4.27. The van der Waals surface area contributed by atoms with Crippen LogP contribution >= 0.6 is 0 Å². The third-order valence-electron chi connectivity index (χ3n) is 2.30. The van der Waals surface area contributed by atoms with Gasteiger partial charge >= 0.3 is 0 Å². The summed E-state index contributed by atoms with van der Waals surface area (Å²) in [5.41, 5.74) is 0. The topological polar surface area (TPSA) is 64.9 Å². The third kappa shape index (κ3) is 3.90. The van der Waals surface area contributed by atoms with Crippen LogP contribution in [-0.4, -0.2) is 25.5 Å². The molecule has 0 aromatic heterocycles. The predicted octanol–water partition coefficient (Wildman–Crippen LogP) is 0.0159. The molecule has 2 N–H and O–H groups in total. The van der Waals surface area contributed by atoms with Crippen LogP contribution in [0.5, 0.6) is 0 Å². The fourth-order valence-electron chi connectivity index (χ4n) is 1.56. The van der Waals surface area contributed by atoms with E-state index in [0.717, 1.165) is 25.9 Å². The standard InChI is InChI=1S/C9H15N3O/c10-3-6-12-9(13)7-8-1-4-11-5-2-8/h8,11H,1-2,4-7H2,(H,12,13). The van der Waals surface area contributed by atoms with Gasteiger partial charge in [0.2, 0.25) is 5.91 Å². The van der Waals surface area contributed by atoms with Gasteiger partial charge in [0.05, 0.1) is 6.07 Å². The summed E-state index contributed by atoms with van der Waals surface area (Å²) >= 11 is 0. The van der Waals surface area contributed by atoms with E-state index in [0.29, 0.717) is 12.3 Å². The number of hydrogen-bond donors (Lipinski definition) is 2. The summed E-state index contributed by atoms with van der Waals surface area (Å²) in [4.78, 5) is 11.2. The van der Waals surface area contributed by atoms with E-state index in [1.807, 2.05) is 6.07 Å². The Morgan fingerprint density at radius 3 is 2.85 bits per heavy atom. The number of nitrogens with zero attached hydrogens (tertiary/aromatic N) is 1. The molecule has 1 aliphatic rings. The van der Waals surface area contributed by atoms with Crippen molar-refractivity contribution in [2.75, 3.05) is 19.6 Å². The van der Waals surface area contributed by atoms with Gasteiger partial charge in [0.1, 0.15) is 6.54 Å². The average molecular weight is 181 g/mol. The second-order valence-corrected chi connectivity index (χ2v) is 3.33. The number of piperidine rings is 1. The van der Waals surface area contributed by atoms with E-state index in [-0.39, 0.29) is 12.5 Å². The zero-order valence-corrected chi connectivity index (χ0v) is 7.68. The van der Waals surface area contributed by atoms with Crippen molar-refractivity contribution < 1.29 is 4.79 Å². The molecule has 1 rings (SSSR count). The SMILES string of the molecule is N#CCNC(=O)CC1CCNCC1. The quantitative estimate of drug-likeness (QED) is 0.603. The molecule has 4 nitrogen and oxygen atoms in total. The second kappa shape index (κ2) is 5.55. The van der Waals surface area contributed by atoms with Gasteiger partial charge in [-0.3, -0.25) is 4.79 Å². The number of carbonyl (C=O) groups excluding carboxylic acids is 1. The molecule has 0 aromatic rings. The minimum atomic E-state index is 0.00782. The smallest absolute Gasteiger partial charge is 0.221 e. The Balaban J connectivity index is 2.15. The van der Waals surface area contributed by atoms with Crippen molar-refractivity contribution in [3.8, 4) is 6.07 Å². The molecule has 72 valence electrons. The maximum absolute atomic E-state index is 11.2. The summed E-state index contributed by atoms with van der Waals surface area (Å²) in [6, 6.07) is 1.89. The fourth-order valence-corrected chi connectivity index (χ4v) is 1.56. The highest BCUT2D eigenvalue weighted by Crippen LogP contribution is 2.15. The molecule has 13 heavy (non-hydrogen) atoms. The Labute approximate surface area is 78.3 Å². The van der Waals surface area contributed by atoms with Crippen LogP contribution in [0.3, 0.4) is 0 Å². The first-order valence-electron chi connectivity index (χ1n) is 4.67. The highest BCUT2D eigenvalue weighted by atomic mass is 16.1. The molecule has 0 bridgehead atoms. The predicted molar refractivity (Wildman–Crippen MR) is 48.8 cm³/mol. The zero-order valence-electron chi connectivity index (χ0n) is 7.68. The second-order valence-electron chi connectivity index (χ2n) is 3.33. The van der Waals surface area contributed by atoms with Crippen LogP contribution in [0, 0.1) is 17.2 Å². The van der Waals surface area contributed by atoms with Crippen molar-refractivity contribution >= 4 is 5.91 Å². The number of rotatable bonds is 3. The summed E-state index contributed by atoms with van der Waals surface area (Å²) < 4.78 is 0. The number of hydrogen-bond acceptors (Lipinski definition) is 3. The van der Waals surface area contributed by atoms with E-state index in [2.05, 4.69) is 10.6 Å². The lowest BCUT2D eigenvalue weighted by Crippen LogP contribution is -2.32. The van der Waals surface area contributed by atoms with Crippen LogP contribution < -0.4 is 10.6 Å². The third-order valence-corrected chi connectivity index (χ3v) is 2.30. The van der Waals surface area contributed by atoms with E-state index in [1.54, 1.807) is 0 Å². The molecule has 1 amide bonds. The number of amides is 1. The van der Waals surface area contributed by atoms with Gasteiger partial charge in [-0.15, -0.1) is 0 Å². The number of nitriles is 1. The number of carbonyl (C=O) groups is 1. The minimum Gasteiger partial charge on any atom is -0.343 e. The van der Waals surface area contributed by atoms with E-state index in [9.17, 15) is 4.79 Å². The van der Waals surface area contributed by atoms with Gasteiger partial charge in [0.25, 0.3) is 0 Å². The molecule has 0 spiro atoms. The monoisotopic (exact) mass is 181 g/mol. The molecule has 0 aromatic carbocycles. The van der Waals surface area contributed by atoms with E-state index < -0.39 is 0 Å². The zero-order chi connectivity index (χ0) is 9.52. The number of nitrogens with one attached hydrogen (secondary N) is 2. The van der Waals surface area contributed by atoms with E-state index in [4.69, 9.17) is 5.26 Å². The highest BCUT2D eigenvalue weighted by molar-refractivity contribution is 5.76. The molecular weight excluding hydrogens is 166 g/mol. The van der Waals surface area contributed by atoms with Gasteiger partial charge in [-0.2, -0.15) is 5.26 Å². The molecule has 0 aliphatic carbocycles. The average Bonchev–Trinajstić information content (AvgIpc) is 2.16. The van der Waals surface area contributed by atoms with Crippen molar-refractivity contribution in [1.29, 1.82) is 5.26 Å². The Bertz CT molecular complexity index is 203. The highest BCUT2D eigenvalue weighted by Gasteiger charge is 2.15.